The lowest BCUT2D eigenvalue weighted by molar-refractivity contribution is -0.142. The third-order valence-electron chi connectivity index (χ3n) is 4.65. The van der Waals surface area contributed by atoms with Gasteiger partial charge in [0.15, 0.2) is 0 Å². The van der Waals surface area contributed by atoms with E-state index in [0.717, 1.165) is 23.1 Å². The Hall–Kier alpha value is -2.18. The lowest BCUT2D eigenvalue weighted by atomic mass is 9.93. The molecule has 0 spiro atoms. The molecule has 1 amide bonds. The van der Waals surface area contributed by atoms with Crippen molar-refractivity contribution in [3.8, 4) is 0 Å². The number of aliphatic carboxylic acids is 1. The van der Waals surface area contributed by atoms with Gasteiger partial charge in [-0.2, -0.15) is 0 Å². The number of ether oxygens (including phenoxy) is 1. The molecule has 0 aromatic heterocycles. The number of nitrogens with zero attached hydrogens (tertiary/aromatic N) is 1. The number of hydrogen-bond acceptors (Lipinski definition) is 3. The van der Waals surface area contributed by atoms with Gasteiger partial charge in [0.05, 0.1) is 0 Å². The van der Waals surface area contributed by atoms with Crippen LogP contribution in [0.3, 0.4) is 0 Å². The molecule has 1 N–H and O–H groups in total. The maximum Gasteiger partial charge on any atom is 0.411 e. The monoisotopic (exact) mass is 339 g/mol. The minimum atomic E-state index is -1.16. The van der Waals surface area contributed by atoms with Crippen LogP contribution in [0.5, 0.6) is 0 Å². The summed E-state index contributed by atoms with van der Waals surface area (Å²) in [6.45, 7) is 5.04. The Labute approximate surface area is 138 Å². The van der Waals surface area contributed by atoms with Gasteiger partial charge in [0.1, 0.15) is 23.3 Å². The van der Waals surface area contributed by atoms with Crippen LogP contribution in [0.25, 0.3) is 0 Å². The van der Waals surface area contributed by atoms with Crippen molar-refractivity contribution in [2.45, 2.75) is 44.2 Å². The van der Waals surface area contributed by atoms with Gasteiger partial charge in [0.25, 0.3) is 0 Å². The maximum absolute atomic E-state index is 14.2. The second-order valence-corrected chi connectivity index (χ2v) is 7.48. The Morgan fingerprint density at radius 2 is 2.00 bits per heavy atom. The molecular weight excluding hydrogens is 320 g/mol. The molecule has 1 heterocycles. The van der Waals surface area contributed by atoms with E-state index in [1.54, 1.807) is 20.8 Å². The highest BCUT2D eigenvalue weighted by atomic mass is 19.1. The third kappa shape index (κ3) is 2.61. The average Bonchev–Trinajstić information content (AvgIpc) is 3.05. The molecule has 2 aliphatic rings. The van der Waals surface area contributed by atoms with E-state index in [4.69, 9.17) is 4.74 Å². The van der Waals surface area contributed by atoms with Gasteiger partial charge in [-0.15, -0.1) is 0 Å². The van der Waals surface area contributed by atoms with Crippen molar-refractivity contribution in [3.63, 3.8) is 0 Å². The number of carboxylic acid groups (broad SMARTS) is 1. The van der Waals surface area contributed by atoms with E-state index in [-0.39, 0.29) is 12.1 Å². The number of likely N-dealkylation sites (tertiary alicyclic amines) is 1. The summed E-state index contributed by atoms with van der Waals surface area (Å²) in [5, 5.41) is 9.50. The zero-order valence-corrected chi connectivity index (χ0v) is 13.7. The number of halogens is 2. The summed E-state index contributed by atoms with van der Waals surface area (Å²) in [5.41, 5.74) is -1.50. The lowest BCUT2D eigenvalue weighted by Crippen LogP contribution is -2.46. The topological polar surface area (TPSA) is 66.8 Å². The minimum Gasteiger partial charge on any atom is -0.480 e. The number of carboxylic acids is 1. The molecule has 0 radical (unpaired) electrons. The fourth-order valence-corrected chi connectivity index (χ4v) is 3.63. The molecule has 1 aromatic rings. The molecule has 1 aliphatic carbocycles. The Kier molecular flexibility index (Phi) is 3.58. The van der Waals surface area contributed by atoms with Crippen LogP contribution < -0.4 is 0 Å². The van der Waals surface area contributed by atoms with E-state index in [9.17, 15) is 23.5 Å². The van der Waals surface area contributed by atoms with Crippen LogP contribution in [0.2, 0.25) is 0 Å². The smallest absolute Gasteiger partial charge is 0.411 e. The highest BCUT2D eigenvalue weighted by molar-refractivity contribution is 5.83. The van der Waals surface area contributed by atoms with Gasteiger partial charge in [-0.3, -0.25) is 4.90 Å². The summed E-state index contributed by atoms with van der Waals surface area (Å²) in [6.07, 6.45) is -0.345. The summed E-state index contributed by atoms with van der Waals surface area (Å²) in [7, 11) is 0. The normalized spacial score (nSPS) is 28.5. The number of hydrogen-bond donors (Lipinski definition) is 1. The molecule has 1 aromatic carbocycles. The maximum atomic E-state index is 14.2. The average molecular weight is 339 g/mol. The first-order valence-corrected chi connectivity index (χ1v) is 7.73. The zero-order valence-electron chi connectivity index (χ0n) is 13.7. The summed E-state index contributed by atoms with van der Waals surface area (Å²) in [6, 6.07) is 2.04. The summed E-state index contributed by atoms with van der Waals surface area (Å²) >= 11 is 0. The van der Waals surface area contributed by atoms with Crippen molar-refractivity contribution in [1.29, 1.82) is 0 Å². The highest BCUT2D eigenvalue weighted by Crippen LogP contribution is 2.62. The van der Waals surface area contributed by atoms with E-state index in [2.05, 4.69) is 0 Å². The van der Waals surface area contributed by atoms with Crippen LogP contribution in [-0.2, 0) is 14.9 Å². The van der Waals surface area contributed by atoms with Crippen molar-refractivity contribution in [1.82, 2.24) is 4.90 Å². The number of carbonyl (C=O) groups is 2. The molecule has 7 heteroatoms. The first-order chi connectivity index (χ1) is 11.0. The van der Waals surface area contributed by atoms with Gasteiger partial charge in [-0.05, 0) is 51.0 Å². The molecule has 1 saturated heterocycles. The third-order valence-corrected chi connectivity index (χ3v) is 4.65. The van der Waals surface area contributed by atoms with E-state index in [1.165, 1.54) is 0 Å². The molecule has 1 saturated carbocycles. The molecule has 1 unspecified atom stereocenters. The molecule has 0 bridgehead atoms. The highest BCUT2D eigenvalue weighted by Gasteiger charge is 2.69. The van der Waals surface area contributed by atoms with Gasteiger partial charge in [-0.25, -0.2) is 18.4 Å². The van der Waals surface area contributed by atoms with E-state index in [1.807, 2.05) is 0 Å². The second-order valence-electron chi connectivity index (χ2n) is 7.48. The van der Waals surface area contributed by atoms with Crippen LogP contribution in [0.15, 0.2) is 18.2 Å². The predicted molar refractivity (Wildman–Crippen MR) is 80.5 cm³/mol. The molecule has 130 valence electrons. The molecule has 2 fully saturated rings. The largest absolute Gasteiger partial charge is 0.480 e. The number of benzene rings is 1. The van der Waals surface area contributed by atoms with Gasteiger partial charge >= 0.3 is 12.1 Å². The molecule has 1 aliphatic heterocycles. The minimum absolute atomic E-state index is 0.00389. The van der Waals surface area contributed by atoms with Crippen molar-refractivity contribution in [2.75, 3.05) is 6.54 Å². The van der Waals surface area contributed by atoms with Crippen molar-refractivity contribution < 1.29 is 28.2 Å². The number of carbonyl (C=O) groups excluding carboxylic acids is 1. The SMILES string of the molecule is CC(C)(C)OC(=O)N1C[C@@]2(c3cc(F)ccc3F)C[C@H]2C1C(=O)O. The molecule has 24 heavy (non-hydrogen) atoms. The number of rotatable bonds is 2. The molecule has 3 rings (SSSR count). The molecule has 3 atom stereocenters. The van der Waals surface area contributed by atoms with Crippen LogP contribution in [0.1, 0.15) is 32.8 Å². The first-order valence-electron chi connectivity index (χ1n) is 7.73. The second kappa shape index (κ2) is 5.16. The van der Waals surface area contributed by atoms with Crippen LogP contribution >= 0.6 is 0 Å². The van der Waals surface area contributed by atoms with Crippen LogP contribution in [0, 0.1) is 17.6 Å². The number of amides is 1. The Morgan fingerprint density at radius 1 is 1.33 bits per heavy atom. The van der Waals surface area contributed by atoms with Crippen LogP contribution in [-0.4, -0.2) is 40.3 Å². The van der Waals surface area contributed by atoms with Crippen molar-refractivity contribution in [3.05, 3.63) is 35.4 Å². The summed E-state index contributed by atoms with van der Waals surface area (Å²) in [4.78, 5) is 25.1. The fraction of sp³-hybridized carbons (Fsp3) is 0.529. The number of fused-ring (bicyclic) bond motifs is 1. The Bertz CT molecular complexity index is 715. The van der Waals surface area contributed by atoms with Crippen molar-refractivity contribution >= 4 is 12.1 Å². The Balaban J connectivity index is 1.94. The predicted octanol–water partition coefficient (Wildman–Crippen LogP) is 2.93. The summed E-state index contributed by atoms with van der Waals surface area (Å²) in [5.74, 6) is -2.79. The van der Waals surface area contributed by atoms with E-state index >= 15 is 0 Å². The van der Waals surface area contributed by atoms with Gasteiger partial charge in [0.2, 0.25) is 0 Å². The first kappa shape index (κ1) is 16.7. The molecular formula is C17H19F2NO4. The van der Waals surface area contributed by atoms with Crippen LogP contribution in [0.4, 0.5) is 13.6 Å². The number of piperidine rings is 1. The van der Waals surface area contributed by atoms with Crippen molar-refractivity contribution in [2.24, 2.45) is 5.92 Å². The lowest BCUT2D eigenvalue weighted by Gasteiger charge is -2.29. The quantitative estimate of drug-likeness (QED) is 0.900. The Morgan fingerprint density at radius 3 is 2.58 bits per heavy atom. The fourth-order valence-electron chi connectivity index (χ4n) is 3.63. The standard InChI is InChI=1S/C17H19F2NO4/c1-16(2,3)24-15(23)20-8-17(7-11(17)13(20)14(21)22)10-6-9(18)4-5-12(10)19/h4-6,11,13H,7-8H2,1-3H3,(H,21,22)/t11-,13?,17+/m0/s1. The molecule has 5 nitrogen and oxygen atoms in total. The van der Waals surface area contributed by atoms with Gasteiger partial charge in [0, 0.05) is 17.9 Å². The van der Waals surface area contributed by atoms with Gasteiger partial charge in [-0.1, -0.05) is 0 Å². The van der Waals surface area contributed by atoms with Gasteiger partial charge < -0.3 is 9.84 Å². The summed E-state index contributed by atoms with van der Waals surface area (Å²) < 4.78 is 33.0. The van der Waals surface area contributed by atoms with E-state index in [0.29, 0.717) is 6.42 Å². The zero-order chi connectivity index (χ0) is 17.9. The van der Waals surface area contributed by atoms with E-state index < -0.39 is 46.7 Å².